The van der Waals surface area contributed by atoms with Crippen molar-refractivity contribution in [3.63, 3.8) is 0 Å². The molecule has 82 valence electrons. The highest BCUT2D eigenvalue weighted by atomic mass is 16.5. The van der Waals surface area contributed by atoms with Crippen LogP contribution in [-0.4, -0.2) is 16.7 Å². The molecule has 0 fully saturated rings. The highest BCUT2D eigenvalue weighted by Gasteiger charge is 2.07. The molecule has 1 aromatic heterocycles. The summed E-state index contributed by atoms with van der Waals surface area (Å²) in [7, 11) is 0. The van der Waals surface area contributed by atoms with E-state index >= 15 is 0 Å². The third-order valence-electron chi connectivity index (χ3n) is 2.24. The molecule has 1 aromatic carbocycles. The monoisotopic (exact) mass is 215 g/mol. The minimum atomic E-state index is -0.622. The summed E-state index contributed by atoms with van der Waals surface area (Å²) in [4.78, 5) is 3.89. The molecule has 0 bridgehead atoms. The summed E-state index contributed by atoms with van der Waals surface area (Å²) in [5, 5.41) is 9.83. The summed E-state index contributed by atoms with van der Waals surface area (Å²) in [5.74, 6) is 0.760. The molecule has 0 aliphatic rings. The Bertz CT molecular complexity index is 416. The highest BCUT2D eigenvalue weighted by molar-refractivity contribution is 5.21. The predicted molar refractivity (Wildman–Crippen MR) is 61.1 cm³/mol. The molecule has 3 heteroatoms. The second kappa shape index (κ2) is 5.28. The second-order valence-electron chi connectivity index (χ2n) is 3.42. The van der Waals surface area contributed by atoms with E-state index in [0.717, 1.165) is 11.3 Å². The van der Waals surface area contributed by atoms with E-state index in [-0.39, 0.29) is 6.61 Å². The number of benzene rings is 1. The van der Waals surface area contributed by atoms with Gasteiger partial charge in [0.2, 0.25) is 0 Å². The van der Waals surface area contributed by atoms with Gasteiger partial charge in [-0.2, -0.15) is 0 Å². The molecule has 0 spiro atoms. The maximum atomic E-state index is 9.83. The Morgan fingerprint density at radius 2 is 1.75 bits per heavy atom. The van der Waals surface area contributed by atoms with Gasteiger partial charge in [0, 0.05) is 12.4 Å². The van der Waals surface area contributed by atoms with E-state index in [2.05, 4.69) is 4.98 Å². The number of nitrogens with zero attached hydrogens (tertiary/aromatic N) is 1. The van der Waals surface area contributed by atoms with Crippen molar-refractivity contribution in [2.75, 3.05) is 6.61 Å². The molecule has 1 atom stereocenters. The first-order valence-corrected chi connectivity index (χ1v) is 5.12. The summed E-state index contributed by atoms with van der Waals surface area (Å²) in [6.07, 6.45) is 2.69. The van der Waals surface area contributed by atoms with Gasteiger partial charge in [-0.15, -0.1) is 0 Å². The first kappa shape index (κ1) is 10.6. The molecule has 0 aliphatic heterocycles. The Hall–Kier alpha value is -1.87. The van der Waals surface area contributed by atoms with Crippen molar-refractivity contribution in [3.05, 3.63) is 60.4 Å². The summed E-state index contributed by atoms with van der Waals surface area (Å²) in [6, 6.07) is 13.0. The molecular formula is C13H13NO2. The molecule has 0 saturated carbocycles. The number of hydrogen-bond donors (Lipinski definition) is 1. The van der Waals surface area contributed by atoms with Gasteiger partial charge in [-0.3, -0.25) is 4.98 Å². The molecule has 1 unspecified atom stereocenters. The van der Waals surface area contributed by atoms with Gasteiger partial charge in [0.05, 0.1) is 0 Å². The third kappa shape index (κ3) is 2.81. The van der Waals surface area contributed by atoms with Crippen LogP contribution in [0.5, 0.6) is 5.75 Å². The second-order valence-corrected chi connectivity index (χ2v) is 3.42. The standard InChI is InChI=1S/C13H13NO2/c15-13(11-6-8-14-9-7-11)10-16-12-4-2-1-3-5-12/h1-9,13,15H,10H2. The fourth-order valence-corrected chi connectivity index (χ4v) is 1.37. The Labute approximate surface area is 94.3 Å². The summed E-state index contributed by atoms with van der Waals surface area (Å²) in [5.41, 5.74) is 0.811. The quantitative estimate of drug-likeness (QED) is 0.850. The van der Waals surface area contributed by atoms with Crippen LogP contribution in [0, 0.1) is 0 Å². The number of aliphatic hydroxyl groups is 1. The molecule has 1 N–H and O–H groups in total. The van der Waals surface area contributed by atoms with Crippen LogP contribution >= 0.6 is 0 Å². The van der Waals surface area contributed by atoms with Gasteiger partial charge >= 0.3 is 0 Å². The van der Waals surface area contributed by atoms with Crippen molar-refractivity contribution in [1.29, 1.82) is 0 Å². The summed E-state index contributed by atoms with van der Waals surface area (Å²) >= 11 is 0. The lowest BCUT2D eigenvalue weighted by molar-refractivity contribution is 0.108. The van der Waals surface area contributed by atoms with Crippen molar-refractivity contribution in [3.8, 4) is 5.75 Å². The normalized spacial score (nSPS) is 12.1. The van der Waals surface area contributed by atoms with E-state index in [9.17, 15) is 5.11 Å². The molecular weight excluding hydrogens is 202 g/mol. The van der Waals surface area contributed by atoms with E-state index in [4.69, 9.17) is 4.74 Å². The minimum Gasteiger partial charge on any atom is -0.491 e. The number of rotatable bonds is 4. The van der Waals surface area contributed by atoms with Crippen molar-refractivity contribution in [2.24, 2.45) is 0 Å². The number of ether oxygens (including phenoxy) is 1. The third-order valence-corrected chi connectivity index (χ3v) is 2.24. The predicted octanol–water partition coefficient (Wildman–Crippen LogP) is 2.19. The fraction of sp³-hybridized carbons (Fsp3) is 0.154. The largest absolute Gasteiger partial charge is 0.491 e. The zero-order chi connectivity index (χ0) is 11.2. The average Bonchev–Trinajstić information content (AvgIpc) is 2.38. The van der Waals surface area contributed by atoms with Crippen LogP contribution in [0.3, 0.4) is 0 Å². The van der Waals surface area contributed by atoms with Crippen molar-refractivity contribution >= 4 is 0 Å². The fourth-order valence-electron chi connectivity index (χ4n) is 1.37. The lowest BCUT2D eigenvalue weighted by Gasteiger charge is -2.12. The van der Waals surface area contributed by atoms with Crippen LogP contribution in [0.25, 0.3) is 0 Å². The van der Waals surface area contributed by atoms with Crippen molar-refractivity contribution in [1.82, 2.24) is 4.98 Å². The van der Waals surface area contributed by atoms with Gasteiger partial charge in [-0.05, 0) is 29.8 Å². The highest BCUT2D eigenvalue weighted by Crippen LogP contribution is 2.14. The Morgan fingerprint density at radius 1 is 1.06 bits per heavy atom. The maximum Gasteiger partial charge on any atom is 0.119 e. The Morgan fingerprint density at radius 3 is 2.44 bits per heavy atom. The van der Waals surface area contributed by atoms with Crippen LogP contribution in [0.4, 0.5) is 0 Å². The molecule has 3 nitrogen and oxygen atoms in total. The zero-order valence-corrected chi connectivity index (χ0v) is 8.78. The molecule has 0 radical (unpaired) electrons. The molecule has 0 amide bonds. The number of aliphatic hydroxyl groups excluding tert-OH is 1. The van der Waals surface area contributed by atoms with Crippen LogP contribution in [0.1, 0.15) is 11.7 Å². The van der Waals surface area contributed by atoms with Gasteiger partial charge in [-0.25, -0.2) is 0 Å². The number of aromatic nitrogens is 1. The van der Waals surface area contributed by atoms with Crippen LogP contribution in [0.15, 0.2) is 54.9 Å². The van der Waals surface area contributed by atoms with Gasteiger partial charge < -0.3 is 9.84 Å². The van der Waals surface area contributed by atoms with Crippen LogP contribution < -0.4 is 4.74 Å². The van der Waals surface area contributed by atoms with Crippen LogP contribution in [-0.2, 0) is 0 Å². The van der Waals surface area contributed by atoms with Crippen molar-refractivity contribution < 1.29 is 9.84 Å². The summed E-state index contributed by atoms with van der Waals surface area (Å²) < 4.78 is 5.45. The molecule has 2 aromatic rings. The molecule has 16 heavy (non-hydrogen) atoms. The lowest BCUT2D eigenvalue weighted by atomic mass is 10.2. The summed E-state index contributed by atoms with van der Waals surface area (Å²) in [6.45, 7) is 0.244. The number of pyridine rings is 1. The first-order chi connectivity index (χ1) is 7.86. The maximum absolute atomic E-state index is 9.83. The van der Waals surface area contributed by atoms with Crippen molar-refractivity contribution in [2.45, 2.75) is 6.10 Å². The van der Waals surface area contributed by atoms with E-state index < -0.39 is 6.10 Å². The lowest BCUT2D eigenvalue weighted by Crippen LogP contribution is -2.09. The Balaban J connectivity index is 1.92. The molecule has 0 aliphatic carbocycles. The van der Waals surface area contributed by atoms with E-state index in [0.29, 0.717) is 0 Å². The molecule has 0 saturated heterocycles. The van der Waals surface area contributed by atoms with Gasteiger partial charge in [0.1, 0.15) is 18.5 Å². The van der Waals surface area contributed by atoms with E-state index in [1.165, 1.54) is 0 Å². The van der Waals surface area contributed by atoms with Gasteiger partial charge in [0.25, 0.3) is 0 Å². The topological polar surface area (TPSA) is 42.4 Å². The van der Waals surface area contributed by atoms with Gasteiger partial charge in [0.15, 0.2) is 0 Å². The SMILES string of the molecule is OC(COc1ccccc1)c1ccncc1. The molecule has 1 heterocycles. The van der Waals surface area contributed by atoms with E-state index in [1.54, 1.807) is 24.5 Å². The first-order valence-electron chi connectivity index (χ1n) is 5.12. The number of para-hydroxylation sites is 1. The smallest absolute Gasteiger partial charge is 0.119 e. The van der Waals surface area contributed by atoms with Crippen LogP contribution in [0.2, 0.25) is 0 Å². The van der Waals surface area contributed by atoms with E-state index in [1.807, 2.05) is 30.3 Å². The zero-order valence-electron chi connectivity index (χ0n) is 8.78. The molecule has 2 rings (SSSR count). The minimum absolute atomic E-state index is 0.244. The van der Waals surface area contributed by atoms with Gasteiger partial charge in [-0.1, -0.05) is 18.2 Å². The average molecular weight is 215 g/mol. The number of hydrogen-bond acceptors (Lipinski definition) is 3. The Kier molecular flexibility index (Phi) is 3.51.